The van der Waals surface area contributed by atoms with E-state index in [1.54, 1.807) is 24.3 Å². The third-order valence-electron chi connectivity index (χ3n) is 2.55. The van der Waals surface area contributed by atoms with E-state index in [0.29, 0.717) is 5.69 Å². The van der Waals surface area contributed by atoms with Crippen LogP contribution in [0.4, 0.5) is 5.69 Å². The van der Waals surface area contributed by atoms with E-state index in [9.17, 15) is 14.4 Å². The Labute approximate surface area is 107 Å². The molecular formula is C12H12N4O3. The smallest absolute Gasteiger partial charge is 0.325 e. The SMILES string of the molecule is NCc1ccccc1NC(=O)c1c[nH]c(=O)[nH]c1=O. The molecule has 0 spiro atoms. The summed E-state index contributed by atoms with van der Waals surface area (Å²) in [7, 11) is 0. The van der Waals surface area contributed by atoms with E-state index >= 15 is 0 Å². The number of hydrogen-bond donors (Lipinski definition) is 4. The molecule has 1 heterocycles. The fourth-order valence-electron chi connectivity index (χ4n) is 1.59. The number of benzene rings is 1. The summed E-state index contributed by atoms with van der Waals surface area (Å²) in [4.78, 5) is 38.5. The topological polar surface area (TPSA) is 121 Å². The van der Waals surface area contributed by atoms with E-state index in [2.05, 4.69) is 10.3 Å². The maximum absolute atomic E-state index is 11.9. The van der Waals surface area contributed by atoms with E-state index in [-0.39, 0.29) is 12.1 Å². The minimum atomic E-state index is -0.744. The fraction of sp³-hybridized carbons (Fsp3) is 0.0833. The zero-order valence-corrected chi connectivity index (χ0v) is 9.90. The van der Waals surface area contributed by atoms with E-state index in [1.165, 1.54) is 0 Å². The van der Waals surface area contributed by atoms with Gasteiger partial charge in [-0.25, -0.2) is 4.79 Å². The third kappa shape index (κ3) is 2.78. The summed E-state index contributed by atoms with van der Waals surface area (Å²) in [5.41, 5.74) is 5.24. The molecule has 0 unspecified atom stereocenters. The minimum absolute atomic E-state index is 0.175. The van der Waals surface area contributed by atoms with E-state index in [4.69, 9.17) is 5.73 Å². The lowest BCUT2D eigenvalue weighted by atomic mass is 10.1. The zero-order valence-electron chi connectivity index (χ0n) is 9.90. The van der Waals surface area contributed by atoms with Gasteiger partial charge in [-0.3, -0.25) is 14.6 Å². The van der Waals surface area contributed by atoms with Crippen LogP contribution >= 0.6 is 0 Å². The van der Waals surface area contributed by atoms with Gasteiger partial charge in [-0.2, -0.15) is 0 Å². The van der Waals surface area contributed by atoms with Crippen LogP contribution < -0.4 is 22.3 Å². The molecule has 5 N–H and O–H groups in total. The molecular weight excluding hydrogens is 248 g/mol. The van der Waals surface area contributed by atoms with Crippen molar-refractivity contribution in [3.63, 3.8) is 0 Å². The van der Waals surface area contributed by atoms with Gasteiger partial charge in [0.05, 0.1) is 0 Å². The van der Waals surface area contributed by atoms with Crippen LogP contribution in [0.1, 0.15) is 15.9 Å². The molecule has 0 atom stereocenters. The molecule has 0 aliphatic heterocycles. The fourth-order valence-corrected chi connectivity index (χ4v) is 1.59. The van der Waals surface area contributed by atoms with Gasteiger partial charge in [-0.15, -0.1) is 0 Å². The summed E-state index contributed by atoms with van der Waals surface area (Å²) in [6, 6.07) is 6.99. The predicted octanol–water partition coefficient (Wildman–Crippen LogP) is -0.226. The molecule has 0 aliphatic rings. The van der Waals surface area contributed by atoms with Gasteiger partial charge in [-0.05, 0) is 11.6 Å². The van der Waals surface area contributed by atoms with E-state index in [0.717, 1.165) is 11.8 Å². The van der Waals surface area contributed by atoms with E-state index in [1.807, 2.05) is 4.98 Å². The lowest BCUT2D eigenvalue weighted by molar-refractivity contribution is 0.102. The largest absolute Gasteiger partial charge is 0.326 e. The van der Waals surface area contributed by atoms with Gasteiger partial charge in [0, 0.05) is 18.4 Å². The molecule has 2 rings (SSSR count). The first-order valence-corrected chi connectivity index (χ1v) is 5.53. The lowest BCUT2D eigenvalue weighted by Crippen LogP contribution is -2.29. The van der Waals surface area contributed by atoms with E-state index < -0.39 is 17.2 Å². The molecule has 7 heteroatoms. The van der Waals surface area contributed by atoms with Gasteiger partial charge in [0.25, 0.3) is 11.5 Å². The second kappa shape index (κ2) is 5.32. The predicted molar refractivity (Wildman–Crippen MR) is 70.0 cm³/mol. The van der Waals surface area contributed by atoms with Gasteiger partial charge in [0.1, 0.15) is 5.56 Å². The molecule has 19 heavy (non-hydrogen) atoms. The number of carbonyl (C=O) groups excluding carboxylic acids is 1. The van der Waals surface area contributed by atoms with Crippen molar-refractivity contribution in [1.29, 1.82) is 0 Å². The van der Waals surface area contributed by atoms with Gasteiger partial charge >= 0.3 is 5.69 Å². The molecule has 0 fully saturated rings. The highest BCUT2D eigenvalue weighted by molar-refractivity contribution is 6.04. The van der Waals surface area contributed by atoms with Crippen LogP contribution in [0, 0.1) is 0 Å². The number of nitrogens with one attached hydrogen (secondary N) is 3. The van der Waals surface area contributed by atoms with Crippen molar-refractivity contribution in [3.8, 4) is 0 Å². The molecule has 1 aromatic carbocycles. The third-order valence-corrected chi connectivity index (χ3v) is 2.55. The van der Waals surface area contributed by atoms with Crippen LogP contribution in [-0.2, 0) is 6.54 Å². The van der Waals surface area contributed by atoms with Gasteiger partial charge < -0.3 is 16.0 Å². The number of para-hydroxylation sites is 1. The Morgan fingerprint density at radius 1 is 1.26 bits per heavy atom. The standard InChI is InChI=1S/C12H12N4O3/c13-5-7-3-1-2-4-9(7)15-10(17)8-6-14-12(19)16-11(8)18/h1-4,6H,5,13H2,(H,15,17)(H2,14,16,18,19). The Morgan fingerprint density at radius 3 is 2.68 bits per heavy atom. The summed E-state index contributed by atoms with van der Waals surface area (Å²) < 4.78 is 0. The number of H-pyrrole nitrogens is 2. The first-order chi connectivity index (χ1) is 9.11. The van der Waals surface area contributed by atoms with Gasteiger partial charge in [0.15, 0.2) is 0 Å². The number of aromatic nitrogens is 2. The monoisotopic (exact) mass is 260 g/mol. The van der Waals surface area contributed by atoms with Crippen LogP contribution in [0.2, 0.25) is 0 Å². The normalized spacial score (nSPS) is 10.2. The summed E-state index contributed by atoms with van der Waals surface area (Å²) >= 11 is 0. The number of rotatable bonds is 3. The Morgan fingerprint density at radius 2 is 2.00 bits per heavy atom. The second-order valence-corrected chi connectivity index (χ2v) is 3.80. The number of amides is 1. The molecule has 98 valence electrons. The van der Waals surface area contributed by atoms with Crippen molar-refractivity contribution in [2.24, 2.45) is 5.73 Å². The number of aromatic amines is 2. The average Bonchev–Trinajstić information content (AvgIpc) is 2.39. The number of nitrogens with two attached hydrogens (primary N) is 1. The lowest BCUT2D eigenvalue weighted by Gasteiger charge is -2.08. The highest BCUT2D eigenvalue weighted by Crippen LogP contribution is 2.14. The van der Waals surface area contributed by atoms with Crippen LogP contribution in [-0.4, -0.2) is 15.9 Å². The highest BCUT2D eigenvalue weighted by atomic mass is 16.2. The maximum atomic E-state index is 11.9. The summed E-state index contributed by atoms with van der Waals surface area (Å²) in [6.45, 7) is 0.262. The number of carbonyl (C=O) groups is 1. The molecule has 0 saturated heterocycles. The summed E-state index contributed by atoms with van der Waals surface area (Å²) in [5.74, 6) is -0.613. The minimum Gasteiger partial charge on any atom is -0.326 e. The number of hydrogen-bond acceptors (Lipinski definition) is 4. The maximum Gasteiger partial charge on any atom is 0.325 e. The average molecular weight is 260 g/mol. The molecule has 0 saturated carbocycles. The Kier molecular flexibility index (Phi) is 3.58. The molecule has 0 radical (unpaired) electrons. The molecule has 1 aromatic heterocycles. The highest BCUT2D eigenvalue weighted by Gasteiger charge is 2.12. The van der Waals surface area contributed by atoms with Crippen molar-refractivity contribution in [3.05, 3.63) is 62.4 Å². The van der Waals surface area contributed by atoms with Crippen LogP contribution in [0.15, 0.2) is 40.1 Å². The van der Waals surface area contributed by atoms with Gasteiger partial charge in [-0.1, -0.05) is 18.2 Å². The molecule has 7 nitrogen and oxygen atoms in total. The van der Waals surface area contributed by atoms with Crippen molar-refractivity contribution < 1.29 is 4.79 Å². The van der Waals surface area contributed by atoms with Crippen molar-refractivity contribution in [2.45, 2.75) is 6.54 Å². The zero-order chi connectivity index (χ0) is 13.8. The summed E-state index contributed by atoms with van der Waals surface area (Å²) in [5, 5.41) is 2.58. The molecule has 0 aliphatic carbocycles. The van der Waals surface area contributed by atoms with Crippen LogP contribution in [0.25, 0.3) is 0 Å². The summed E-state index contributed by atoms with van der Waals surface area (Å²) in [6.07, 6.45) is 1.07. The molecule has 2 aromatic rings. The first kappa shape index (κ1) is 12.8. The number of anilines is 1. The Bertz CT molecular complexity index is 717. The van der Waals surface area contributed by atoms with Crippen LogP contribution in [0.3, 0.4) is 0 Å². The van der Waals surface area contributed by atoms with Crippen molar-refractivity contribution in [1.82, 2.24) is 9.97 Å². The Hall–Kier alpha value is -2.67. The Balaban J connectivity index is 2.31. The second-order valence-electron chi connectivity index (χ2n) is 3.80. The molecule has 1 amide bonds. The van der Waals surface area contributed by atoms with Gasteiger partial charge in [0.2, 0.25) is 0 Å². The van der Waals surface area contributed by atoms with Crippen LogP contribution in [0.5, 0.6) is 0 Å². The first-order valence-electron chi connectivity index (χ1n) is 5.53. The van der Waals surface area contributed by atoms with Crippen molar-refractivity contribution >= 4 is 11.6 Å². The molecule has 0 bridgehead atoms. The quantitative estimate of drug-likeness (QED) is 0.609. The van der Waals surface area contributed by atoms with Crippen molar-refractivity contribution in [2.75, 3.05) is 5.32 Å².